The molecule has 1 aromatic heterocycles. The number of hydrogen-bond donors (Lipinski definition) is 1. The van der Waals surface area contributed by atoms with Gasteiger partial charge in [-0.3, -0.25) is 15.1 Å². The zero-order valence-corrected chi connectivity index (χ0v) is 15.2. The van der Waals surface area contributed by atoms with Crippen LogP contribution in [-0.2, 0) is 4.79 Å². The summed E-state index contributed by atoms with van der Waals surface area (Å²) in [6.45, 7) is 1.23. The van der Waals surface area contributed by atoms with E-state index in [1.165, 1.54) is 6.07 Å². The molecule has 0 saturated carbocycles. The molecule has 3 aromatic rings. The number of nitrogens with zero attached hydrogens (tertiary/aromatic N) is 3. The Balaban J connectivity index is 0.000000318. The van der Waals surface area contributed by atoms with E-state index in [9.17, 15) is 23.3 Å². The molecule has 2 aromatic carbocycles. The van der Waals surface area contributed by atoms with E-state index in [1.807, 2.05) is 24.3 Å². The molecule has 0 bridgehead atoms. The first-order valence-electron chi connectivity index (χ1n) is 8.51. The van der Waals surface area contributed by atoms with Gasteiger partial charge in [-0.05, 0) is 30.3 Å². The van der Waals surface area contributed by atoms with Crippen molar-refractivity contribution in [1.29, 1.82) is 0 Å². The Morgan fingerprint density at radius 3 is 2.50 bits per heavy atom. The number of non-ortho nitro benzene ring substituents is 1. The lowest BCUT2D eigenvalue weighted by atomic mass is 10.1. The highest BCUT2D eigenvalue weighted by atomic mass is 19.4. The normalized spacial score (nSPS) is 13.0. The van der Waals surface area contributed by atoms with Crippen molar-refractivity contribution in [3.63, 3.8) is 0 Å². The molecule has 0 amide bonds. The summed E-state index contributed by atoms with van der Waals surface area (Å²) in [5.41, 5.74) is 2.48. The molecule has 11 heteroatoms. The lowest BCUT2D eigenvalue weighted by Crippen LogP contribution is -2.28. The van der Waals surface area contributed by atoms with Crippen LogP contribution in [0.5, 0.6) is 5.75 Å². The minimum Gasteiger partial charge on any atom is -0.490 e. The van der Waals surface area contributed by atoms with Gasteiger partial charge in [-0.15, -0.1) is 0 Å². The Bertz CT molecular complexity index is 1100. The van der Waals surface area contributed by atoms with Gasteiger partial charge in [0.25, 0.3) is 5.69 Å². The van der Waals surface area contributed by atoms with Crippen molar-refractivity contribution in [2.75, 3.05) is 18.1 Å². The van der Waals surface area contributed by atoms with Crippen molar-refractivity contribution in [3.8, 4) is 5.75 Å². The molecule has 0 unspecified atom stereocenters. The lowest BCUT2D eigenvalue weighted by Gasteiger charge is -2.31. The number of nitro groups is 1. The van der Waals surface area contributed by atoms with Crippen LogP contribution in [0.1, 0.15) is 0 Å². The van der Waals surface area contributed by atoms with Gasteiger partial charge >= 0.3 is 12.1 Å². The van der Waals surface area contributed by atoms with Crippen molar-refractivity contribution in [2.45, 2.75) is 6.18 Å². The topological polar surface area (TPSA) is 106 Å². The van der Waals surface area contributed by atoms with Gasteiger partial charge in [0.2, 0.25) is 0 Å². The Hall–Kier alpha value is -3.89. The summed E-state index contributed by atoms with van der Waals surface area (Å²) in [4.78, 5) is 26.2. The number of fused-ring (bicyclic) bond motifs is 2. The molecule has 0 aliphatic carbocycles. The number of para-hydroxylation sites is 2. The van der Waals surface area contributed by atoms with Crippen molar-refractivity contribution in [2.24, 2.45) is 0 Å². The molecule has 2 heterocycles. The molecule has 4 rings (SSSR count). The molecule has 0 saturated heterocycles. The second-order valence-corrected chi connectivity index (χ2v) is 6.03. The van der Waals surface area contributed by atoms with E-state index in [0.29, 0.717) is 24.1 Å². The largest absolute Gasteiger partial charge is 0.490 e. The minimum atomic E-state index is -5.08. The number of anilines is 2. The van der Waals surface area contributed by atoms with Gasteiger partial charge in [0.05, 0.1) is 28.2 Å². The van der Waals surface area contributed by atoms with Crippen LogP contribution >= 0.6 is 0 Å². The number of nitro benzene ring substituents is 1. The van der Waals surface area contributed by atoms with Gasteiger partial charge in [-0.25, -0.2) is 4.79 Å². The smallest absolute Gasteiger partial charge is 0.490 e. The number of carbonyl (C=O) groups is 1. The number of ether oxygens (including phenoxy) is 1. The zero-order chi connectivity index (χ0) is 21.9. The van der Waals surface area contributed by atoms with Crippen LogP contribution < -0.4 is 9.64 Å². The number of carboxylic acids is 1. The molecule has 0 fully saturated rings. The Morgan fingerprint density at radius 2 is 1.83 bits per heavy atom. The van der Waals surface area contributed by atoms with Crippen LogP contribution in [-0.4, -0.2) is 40.3 Å². The third kappa shape index (κ3) is 4.24. The van der Waals surface area contributed by atoms with Gasteiger partial charge < -0.3 is 14.7 Å². The predicted octanol–water partition coefficient (Wildman–Crippen LogP) is 4.31. The summed E-state index contributed by atoms with van der Waals surface area (Å²) in [6, 6.07) is 14.5. The van der Waals surface area contributed by atoms with Crippen LogP contribution in [0.3, 0.4) is 0 Å². The summed E-state index contributed by atoms with van der Waals surface area (Å²) in [5, 5.41) is 18.9. The molecule has 1 aliphatic rings. The molecule has 156 valence electrons. The van der Waals surface area contributed by atoms with Crippen molar-refractivity contribution in [1.82, 2.24) is 4.98 Å². The van der Waals surface area contributed by atoms with Crippen molar-refractivity contribution in [3.05, 3.63) is 64.8 Å². The standard InChI is InChI=1S/C17H13N3O3.C2HF3O2/c21-20(22)13-7-8-15(17-12(13)4-3-9-18-17)19-10-11-23-16-6-2-1-5-14(16)19;3-2(4,5)1(6)7/h1-9H,10-11H2;(H,6,7). The summed E-state index contributed by atoms with van der Waals surface area (Å²) in [5.74, 6) is -1.95. The van der Waals surface area contributed by atoms with Crippen LogP contribution in [0, 0.1) is 10.1 Å². The first-order valence-corrected chi connectivity index (χ1v) is 8.51. The molecule has 30 heavy (non-hydrogen) atoms. The first-order chi connectivity index (χ1) is 14.2. The molecule has 0 atom stereocenters. The fraction of sp³-hybridized carbons (Fsp3) is 0.158. The highest BCUT2D eigenvalue weighted by Crippen LogP contribution is 2.40. The SMILES string of the molecule is O=C(O)C(F)(F)F.O=[N+]([O-])c1ccc(N2CCOc3ccccc32)c2ncccc12. The zero-order valence-electron chi connectivity index (χ0n) is 15.2. The molecular formula is C19H14F3N3O5. The molecule has 8 nitrogen and oxygen atoms in total. The van der Waals surface area contributed by atoms with Crippen molar-refractivity contribution < 1.29 is 32.7 Å². The maximum absolute atomic E-state index is 11.2. The average Bonchev–Trinajstić information content (AvgIpc) is 2.72. The van der Waals surface area contributed by atoms with Crippen LogP contribution in [0.25, 0.3) is 10.9 Å². The van der Waals surface area contributed by atoms with Crippen molar-refractivity contribution >= 4 is 33.9 Å². The molecule has 0 radical (unpaired) electrons. The maximum atomic E-state index is 11.2. The number of carboxylic acid groups (broad SMARTS) is 1. The van der Waals surface area contributed by atoms with Gasteiger partial charge in [0.15, 0.2) is 0 Å². The Kier molecular flexibility index (Phi) is 5.72. The summed E-state index contributed by atoms with van der Waals surface area (Å²) in [6.07, 6.45) is -3.43. The Morgan fingerprint density at radius 1 is 1.13 bits per heavy atom. The molecule has 1 N–H and O–H groups in total. The maximum Gasteiger partial charge on any atom is 0.490 e. The van der Waals surface area contributed by atoms with E-state index in [1.54, 1.807) is 24.4 Å². The number of benzene rings is 2. The van der Waals surface area contributed by atoms with E-state index < -0.39 is 12.1 Å². The number of rotatable bonds is 2. The quantitative estimate of drug-likeness (QED) is 0.486. The molecule has 1 aliphatic heterocycles. The summed E-state index contributed by atoms with van der Waals surface area (Å²) < 4.78 is 37.4. The molecule has 0 spiro atoms. The second-order valence-electron chi connectivity index (χ2n) is 6.03. The summed E-state index contributed by atoms with van der Waals surface area (Å²) >= 11 is 0. The monoisotopic (exact) mass is 421 g/mol. The third-order valence-corrected chi connectivity index (χ3v) is 4.18. The van der Waals surface area contributed by atoms with Crippen LogP contribution in [0.15, 0.2) is 54.7 Å². The van der Waals surface area contributed by atoms with E-state index in [4.69, 9.17) is 14.6 Å². The number of halogens is 3. The molecular weight excluding hydrogens is 407 g/mol. The van der Waals surface area contributed by atoms with Crippen LogP contribution in [0.2, 0.25) is 0 Å². The Labute approximate surface area is 167 Å². The number of aliphatic carboxylic acids is 1. The van der Waals surface area contributed by atoms with Gasteiger partial charge in [0.1, 0.15) is 17.9 Å². The third-order valence-electron chi connectivity index (χ3n) is 4.18. The highest BCUT2D eigenvalue weighted by molar-refractivity contribution is 5.99. The first kappa shape index (κ1) is 20.8. The highest BCUT2D eigenvalue weighted by Gasteiger charge is 2.38. The summed E-state index contributed by atoms with van der Waals surface area (Å²) in [7, 11) is 0. The number of hydrogen-bond acceptors (Lipinski definition) is 6. The number of pyridine rings is 1. The van der Waals surface area contributed by atoms with E-state index in [2.05, 4.69) is 9.88 Å². The predicted molar refractivity (Wildman–Crippen MR) is 101 cm³/mol. The number of alkyl halides is 3. The van der Waals surface area contributed by atoms with Gasteiger partial charge in [-0.2, -0.15) is 13.2 Å². The van der Waals surface area contributed by atoms with E-state index in [0.717, 1.165) is 17.1 Å². The van der Waals surface area contributed by atoms with E-state index in [-0.39, 0.29) is 10.6 Å². The second kappa shape index (κ2) is 8.23. The van der Waals surface area contributed by atoms with Gasteiger partial charge in [-0.1, -0.05) is 12.1 Å². The average molecular weight is 421 g/mol. The van der Waals surface area contributed by atoms with Gasteiger partial charge in [0, 0.05) is 12.3 Å². The lowest BCUT2D eigenvalue weighted by molar-refractivity contribution is -0.383. The fourth-order valence-corrected chi connectivity index (χ4v) is 2.94. The van der Waals surface area contributed by atoms with E-state index >= 15 is 0 Å². The number of aromatic nitrogens is 1. The van der Waals surface area contributed by atoms with Crippen LogP contribution in [0.4, 0.5) is 30.2 Å². The minimum absolute atomic E-state index is 0.0680. The fourth-order valence-electron chi connectivity index (χ4n) is 2.94.